The average molecular weight is 276 g/mol. The minimum Gasteiger partial charge on any atom is -0.481 e. The van der Waals surface area contributed by atoms with Crippen LogP contribution in [0.5, 0.6) is 0 Å². The van der Waals surface area contributed by atoms with Crippen LogP contribution in [0, 0.1) is 5.92 Å². The summed E-state index contributed by atoms with van der Waals surface area (Å²) in [7, 11) is 0. The van der Waals surface area contributed by atoms with Gasteiger partial charge in [0.15, 0.2) is 5.65 Å². The third-order valence-corrected chi connectivity index (χ3v) is 3.65. The fourth-order valence-corrected chi connectivity index (χ4v) is 2.61. The standard InChI is InChI=1S/C13H16N4O3/c1-2-16(10-8-20-7-9(10)13(18)19)11-4-6-17-12(15-11)3-5-14-17/h3-6,9-10H,2,7-8H2,1H3,(H,18,19). The van der Waals surface area contributed by atoms with Crippen LogP contribution in [0.15, 0.2) is 24.5 Å². The second-order valence-electron chi connectivity index (χ2n) is 4.76. The monoisotopic (exact) mass is 276 g/mol. The molecule has 1 saturated heterocycles. The van der Waals surface area contributed by atoms with Gasteiger partial charge in [-0.15, -0.1) is 0 Å². The number of hydrogen-bond donors (Lipinski definition) is 1. The van der Waals surface area contributed by atoms with Gasteiger partial charge in [-0.3, -0.25) is 4.79 Å². The summed E-state index contributed by atoms with van der Waals surface area (Å²) in [6.07, 6.45) is 3.51. The molecule has 106 valence electrons. The number of ether oxygens (including phenoxy) is 1. The molecule has 20 heavy (non-hydrogen) atoms. The van der Waals surface area contributed by atoms with Gasteiger partial charge < -0.3 is 14.7 Å². The number of hydrogen-bond acceptors (Lipinski definition) is 5. The van der Waals surface area contributed by atoms with Crippen molar-refractivity contribution in [1.82, 2.24) is 14.6 Å². The molecule has 1 aliphatic rings. The molecular formula is C13H16N4O3. The first-order chi connectivity index (χ1) is 9.70. The van der Waals surface area contributed by atoms with Gasteiger partial charge in [0.2, 0.25) is 0 Å². The van der Waals surface area contributed by atoms with Crippen LogP contribution in [0.3, 0.4) is 0 Å². The van der Waals surface area contributed by atoms with Gasteiger partial charge in [-0.2, -0.15) is 5.10 Å². The quantitative estimate of drug-likeness (QED) is 0.883. The largest absolute Gasteiger partial charge is 0.481 e. The topological polar surface area (TPSA) is 80.0 Å². The van der Waals surface area contributed by atoms with E-state index >= 15 is 0 Å². The van der Waals surface area contributed by atoms with E-state index in [-0.39, 0.29) is 12.6 Å². The second kappa shape index (κ2) is 5.09. The van der Waals surface area contributed by atoms with E-state index in [2.05, 4.69) is 10.1 Å². The van der Waals surface area contributed by atoms with Gasteiger partial charge >= 0.3 is 5.97 Å². The first-order valence-corrected chi connectivity index (χ1v) is 6.58. The number of carbonyl (C=O) groups is 1. The van der Waals surface area contributed by atoms with Crippen LogP contribution >= 0.6 is 0 Å². The molecule has 0 aromatic carbocycles. The van der Waals surface area contributed by atoms with E-state index in [1.165, 1.54) is 0 Å². The molecule has 0 bridgehead atoms. The summed E-state index contributed by atoms with van der Waals surface area (Å²) < 4.78 is 7.02. The third kappa shape index (κ3) is 2.09. The fraction of sp³-hybridized carbons (Fsp3) is 0.462. The van der Waals surface area contributed by atoms with Gasteiger partial charge in [0.05, 0.1) is 25.5 Å². The highest BCUT2D eigenvalue weighted by Gasteiger charge is 2.38. The van der Waals surface area contributed by atoms with Gasteiger partial charge in [-0.05, 0) is 13.0 Å². The number of nitrogens with zero attached hydrogens (tertiary/aromatic N) is 4. The molecule has 0 spiro atoms. The van der Waals surface area contributed by atoms with E-state index in [0.717, 1.165) is 11.5 Å². The summed E-state index contributed by atoms with van der Waals surface area (Å²) in [4.78, 5) is 17.8. The van der Waals surface area contributed by atoms with E-state index < -0.39 is 11.9 Å². The molecule has 7 nitrogen and oxygen atoms in total. The first kappa shape index (κ1) is 12.9. The summed E-state index contributed by atoms with van der Waals surface area (Å²) >= 11 is 0. The predicted molar refractivity (Wildman–Crippen MR) is 71.7 cm³/mol. The number of carboxylic acids is 1. The summed E-state index contributed by atoms with van der Waals surface area (Å²) in [6, 6.07) is 3.48. The van der Waals surface area contributed by atoms with Crippen LogP contribution < -0.4 is 4.90 Å². The zero-order valence-corrected chi connectivity index (χ0v) is 11.1. The van der Waals surface area contributed by atoms with Crippen molar-refractivity contribution >= 4 is 17.4 Å². The zero-order valence-electron chi connectivity index (χ0n) is 11.1. The Morgan fingerprint density at radius 3 is 3.15 bits per heavy atom. The molecule has 3 rings (SSSR count). The zero-order chi connectivity index (χ0) is 14.1. The lowest BCUT2D eigenvalue weighted by molar-refractivity contribution is -0.141. The number of fused-ring (bicyclic) bond motifs is 1. The summed E-state index contributed by atoms with van der Waals surface area (Å²) in [5.41, 5.74) is 0.742. The molecule has 2 atom stereocenters. The van der Waals surface area contributed by atoms with Crippen molar-refractivity contribution in [1.29, 1.82) is 0 Å². The maximum Gasteiger partial charge on any atom is 0.311 e. The van der Waals surface area contributed by atoms with Crippen molar-refractivity contribution in [3.05, 3.63) is 24.5 Å². The van der Waals surface area contributed by atoms with Crippen molar-refractivity contribution in [2.45, 2.75) is 13.0 Å². The second-order valence-corrected chi connectivity index (χ2v) is 4.76. The third-order valence-electron chi connectivity index (χ3n) is 3.65. The smallest absolute Gasteiger partial charge is 0.311 e. The molecule has 0 saturated carbocycles. The molecule has 0 radical (unpaired) electrons. The molecule has 1 N–H and O–H groups in total. The normalized spacial score (nSPS) is 22.2. The lowest BCUT2D eigenvalue weighted by atomic mass is 10.0. The Kier molecular flexibility index (Phi) is 3.27. The number of anilines is 1. The predicted octanol–water partition coefficient (Wildman–Crippen LogP) is 0.655. The minimum absolute atomic E-state index is 0.185. The SMILES string of the molecule is CCN(c1ccn2nccc2n1)C1COCC1C(=O)O. The van der Waals surface area contributed by atoms with E-state index in [1.54, 1.807) is 10.7 Å². The van der Waals surface area contributed by atoms with Gasteiger partial charge in [-0.25, -0.2) is 9.50 Å². The molecule has 1 aliphatic heterocycles. The summed E-state index contributed by atoms with van der Waals surface area (Å²) in [5.74, 6) is -0.587. The van der Waals surface area contributed by atoms with E-state index in [1.807, 2.05) is 30.2 Å². The summed E-state index contributed by atoms with van der Waals surface area (Å²) in [5, 5.41) is 13.4. The molecule has 2 aromatic heterocycles. The Hall–Kier alpha value is -2.15. The van der Waals surface area contributed by atoms with Crippen LogP contribution in [-0.2, 0) is 9.53 Å². The number of rotatable bonds is 4. The molecule has 0 amide bonds. The van der Waals surface area contributed by atoms with E-state index in [9.17, 15) is 9.90 Å². The number of aliphatic carboxylic acids is 1. The van der Waals surface area contributed by atoms with Crippen molar-refractivity contribution in [3.8, 4) is 0 Å². The molecule has 1 fully saturated rings. The van der Waals surface area contributed by atoms with Crippen LogP contribution in [-0.4, -0.2) is 51.5 Å². The molecule has 0 aliphatic carbocycles. The Morgan fingerprint density at radius 2 is 2.40 bits per heavy atom. The average Bonchev–Trinajstić information content (AvgIpc) is 3.07. The lowest BCUT2D eigenvalue weighted by Gasteiger charge is -2.30. The molecular weight excluding hydrogens is 260 g/mol. The molecule has 7 heteroatoms. The maximum absolute atomic E-state index is 11.3. The van der Waals surface area contributed by atoms with Crippen molar-refractivity contribution in [3.63, 3.8) is 0 Å². The fourth-order valence-electron chi connectivity index (χ4n) is 2.61. The summed E-state index contributed by atoms with van der Waals surface area (Å²) in [6.45, 7) is 3.33. The van der Waals surface area contributed by atoms with E-state index in [4.69, 9.17) is 4.74 Å². The van der Waals surface area contributed by atoms with Gasteiger partial charge in [0.1, 0.15) is 11.7 Å². The van der Waals surface area contributed by atoms with Crippen LogP contribution in [0.4, 0.5) is 5.82 Å². The maximum atomic E-state index is 11.3. The molecule has 2 unspecified atom stereocenters. The number of likely N-dealkylation sites (N-methyl/N-ethyl adjacent to an activating group) is 1. The van der Waals surface area contributed by atoms with Gasteiger partial charge in [-0.1, -0.05) is 0 Å². The van der Waals surface area contributed by atoms with Crippen LogP contribution in [0.25, 0.3) is 5.65 Å². The lowest BCUT2D eigenvalue weighted by Crippen LogP contribution is -2.43. The van der Waals surface area contributed by atoms with Gasteiger partial charge in [0.25, 0.3) is 0 Å². The minimum atomic E-state index is -0.823. The highest BCUT2D eigenvalue weighted by Crippen LogP contribution is 2.24. The van der Waals surface area contributed by atoms with Crippen molar-refractivity contribution < 1.29 is 14.6 Å². The number of aromatic nitrogens is 3. The van der Waals surface area contributed by atoms with E-state index in [0.29, 0.717) is 13.2 Å². The Bertz CT molecular complexity index is 627. The van der Waals surface area contributed by atoms with Crippen molar-refractivity contribution in [2.24, 2.45) is 5.92 Å². The highest BCUT2D eigenvalue weighted by molar-refractivity contribution is 5.72. The van der Waals surface area contributed by atoms with Crippen LogP contribution in [0.1, 0.15) is 6.92 Å². The Labute approximate surface area is 115 Å². The van der Waals surface area contributed by atoms with Gasteiger partial charge in [0, 0.05) is 18.8 Å². The first-order valence-electron chi connectivity index (χ1n) is 6.58. The van der Waals surface area contributed by atoms with Crippen molar-refractivity contribution in [2.75, 3.05) is 24.7 Å². The number of carboxylic acid groups (broad SMARTS) is 1. The Balaban J connectivity index is 1.94. The van der Waals surface area contributed by atoms with Crippen LogP contribution in [0.2, 0.25) is 0 Å². The Morgan fingerprint density at radius 1 is 1.55 bits per heavy atom. The molecule has 3 heterocycles. The molecule has 2 aromatic rings. The highest BCUT2D eigenvalue weighted by atomic mass is 16.5.